The molecule has 0 aliphatic rings. The van der Waals surface area contributed by atoms with Gasteiger partial charge in [0, 0.05) is 23.4 Å². The van der Waals surface area contributed by atoms with E-state index in [0.29, 0.717) is 19.0 Å². The topological polar surface area (TPSA) is 41.1 Å². The zero-order valence-electron chi connectivity index (χ0n) is 9.51. The van der Waals surface area contributed by atoms with Crippen LogP contribution in [0.3, 0.4) is 0 Å². The van der Waals surface area contributed by atoms with Crippen molar-refractivity contribution in [3.8, 4) is 0 Å². The second-order valence-corrected chi connectivity index (χ2v) is 4.80. The van der Waals surface area contributed by atoms with Crippen molar-refractivity contribution in [3.05, 3.63) is 34.3 Å². The number of halogens is 2. The van der Waals surface area contributed by atoms with Crippen LogP contribution in [-0.4, -0.2) is 25.0 Å². The Hall–Kier alpha value is -0.740. The second-order valence-electron chi connectivity index (χ2n) is 3.57. The maximum Gasteiger partial charge on any atom is 0.314 e. The number of alkyl halides is 1. The third-order valence-corrected chi connectivity index (χ3v) is 3.27. The smallest absolute Gasteiger partial charge is 0.314 e. The van der Waals surface area contributed by atoms with Crippen LogP contribution in [0.15, 0.2) is 28.7 Å². The lowest BCUT2D eigenvalue weighted by Gasteiger charge is -2.07. The molecule has 0 unspecified atom stereocenters. The number of nitrogens with one attached hydrogen (secondary N) is 2. The molecule has 0 aromatic heterocycles. The summed E-state index contributed by atoms with van der Waals surface area (Å²) in [6.45, 7) is 1.24. The predicted molar refractivity (Wildman–Crippen MR) is 74.6 cm³/mol. The number of carbonyl (C=O) groups is 1. The number of hydrogen-bond acceptors (Lipinski definition) is 1. The van der Waals surface area contributed by atoms with E-state index >= 15 is 0 Å². The Balaban J connectivity index is 2.19. The third-order valence-electron chi connectivity index (χ3n) is 2.23. The van der Waals surface area contributed by atoms with Crippen LogP contribution in [-0.2, 0) is 6.42 Å². The van der Waals surface area contributed by atoms with Gasteiger partial charge in [-0.15, -0.1) is 11.6 Å². The summed E-state index contributed by atoms with van der Waals surface area (Å²) in [5.41, 5.74) is 1.19. The first-order valence-corrected chi connectivity index (χ1v) is 6.88. The van der Waals surface area contributed by atoms with E-state index in [-0.39, 0.29) is 6.03 Å². The highest BCUT2D eigenvalue weighted by Gasteiger charge is 2.01. The highest BCUT2D eigenvalue weighted by Crippen LogP contribution is 2.15. The molecule has 94 valence electrons. The van der Waals surface area contributed by atoms with Crippen LogP contribution in [0.1, 0.15) is 12.0 Å². The van der Waals surface area contributed by atoms with Gasteiger partial charge < -0.3 is 10.6 Å². The molecule has 2 N–H and O–H groups in total. The number of carbonyl (C=O) groups excluding carboxylic acids is 1. The lowest BCUT2D eigenvalue weighted by atomic mass is 10.1. The zero-order valence-corrected chi connectivity index (χ0v) is 11.9. The number of urea groups is 1. The minimum absolute atomic E-state index is 0.137. The number of benzene rings is 1. The van der Waals surface area contributed by atoms with Gasteiger partial charge >= 0.3 is 6.03 Å². The molecule has 1 aromatic carbocycles. The SMILES string of the molecule is O=C(NCCCCl)NCCc1ccccc1Br. The lowest BCUT2D eigenvalue weighted by molar-refractivity contribution is 0.241. The van der Waals surface area contributed by atoms with E-state index in [9.17, 15) is 4.79 Å². The van der Waals surface area contributed by atoms with Crippen molar-refractivity contribution in [3.63, 3.8) is 0 Å². The maximum atomic E-state index is 11.3. The van der Waals surface area contributed by atoms with Crippen molar-refractivity contribution in [2.45, 2.75) is 12.8 Å². The first-order chi connectivity index (χ1) is 8.24. The van der Waals surface area contributed by atoms with E-state index in [2.05, 4.69) is 26.6 Å². The number of rotatable bonds is 6. The fraction of sp³-hybridized carbons (Fsp3) is 0.417. The molecule has 0 heterocycles. The van der Waals surface area contributed by atoms with E-state index in [1.54, 1.807) is 0 Å². The molecule has 1 aromatic rings. The minimum Gasteiger partial charge on any atom is -0.338 e. The summed E-state index contributed by atoms with van der Waals surface area (Å²) in [5.74, 6) is 0.567. The van der Waals surface area contributed by atoms with Crippen LogP contribution in [0.2, 0.25) is 0 Å². The highest BCUT2D eigenvalue weighted by atomic mass is 79.9. The van der Waals surface area contributed by atoms with E-state index in [1.165, 1.54) is 5.56 Å². The van der Waals surface area contributed by atoms with Crippen LogP contribution in [0.4, 0.5) is 4.79 Å². The summed E-state index contributed by atoms with van der Waals surface area (Å²) in [4.78, 5) is 11.3. The summed E-state index contributed by atoms with van der Waals surface area (Å²) >= 11 is 8.98. The molecule has 0 saturated heterocycles. The van der Waals surface area contributed by atoms with Crippen LogP contribution < -0.4 is 10.6 Å². The molecule has 0 aliphatic carbocycles. The van der Waals surface area contributed by atoms with Gasteiger partial charge in [0.25, 0.3) is 0 Å². The largest absolute Gasteiger partial charge is 0.338 e. The highest BCUT2D eigenvalue weighted by molar-refractivity contribution is 9.10. The quantitative estimate of drug-likeness (QED) is 0.614. The Morgan fingerprint density at radius 2 is 1.94 bits per heavy atom. The van der Waals surface area contributed by atoms with Crippen LogP contribution in [0.25, 0.3) is 0 Å². The zero-order chi connectivity index (χ0) is 12.5. The molecule has 17 heavy (non-hydrogen) atoms. The summed E-state index contributed by atoms with van der Waals surface area (Å²) in [6.07, 6.45) is 1.60. The third kappa shape index (κ3) is 5.94. The summed E-state index contributed by atoms with van der Waals surface area (Å²) in [6, 6.07) is 7.86. The average Bonchev–Trinajstić information content (AvgIpc) is 2.32. The summed E-state index contributed by atoms with van der Waals surface area (Å²) in [7, 11) is 0. The summed E-state index contributed by atoms with van der Waals surface area (Å²) in [5, 5.41) is 5.54. The Bertz CT molecular complexity index is 360. The molecular weight excluding hydrogens is 304 g/mol. The van der Waals surface area contributed by atoms with Crippen LogP contribution >= 0.6 is 27.5 Å². The van der Waals surface area contributed by atoms with Crippen LogP contribution in [0, 0.1) is 0 Å². The number of hydrogen-bond donors (Lipinski definition) is 2. The molecular formula is C12H16BrClN2O. The van der Waals surface area contributed by atoms with Crippen molar-refractivity contribution in [1.29, 1.82) is 0 Å². The van der Waals surface area contributed by atoms with Crippen molar-refractivity contribution in [2.24, 2.45) is 0 Å². The van der Waals surface area contributed by atoms with Gasteiger partial charge in [0.15, 0.2) is 0 Å². The lowest BCUT2D eigenvalue weighted by Crippen LogP contribution is -2.37. The molecule has 5 heteroatoms. The fourth-order valence-corrected chi connectivity index (χ4v) is 1.96. The Labute approximate surface area is 115 Å². The average molecular weight is 320 g/mol. The van der Waals surface area contributed by atoms with Gasteiger partial charge in [-0.2, -0.15) is 0 Å². The molecule has 0 aliphatic heterocycles. The molecule has 0 bridgehead atoms. The second kappa shape index (κ2) is 8.37. The first-order valence-electron chi connectivity index (χ1n) is 5.55. The van der Waals surface area contributed by atoms with Gasteiger partial charge in [0.05, 0.1) is 0 Å². The van der Waals surface area contributed by atoms with E-state index in [1.807, 2.05) is 24.3 Å². The molecule has 0 atom stereocenters. The molecule has 1 rings (SSSR count). The molecule has 0 radical (unpaired) electrons. The summed E-state index contributed by atoms with van der Waals surface area (Å²) < 4.78 is 1.07. The van der Waals surface area contributed by atoms with E-state index in [4.69, 9.17) is 11.6 Å². The Morgan fingerprint density at radius 3 is 2.65 bits per heavy atom. The molecule has 0 spiro atoms. The standard InChI is InChI=1S/C12H16BrClN2O/c13-11-5-2-1-4-10(11)6-9-16-12(17)15-8-3-7-14/h1-2,4-5H,3,6-9H2,(H2,15,16,17). The fourth-order valence-electron chi connectivity index (χ4n) is 1.34. The Morgan fingerprint density at radius 1 is 1.24 bits per heavy atom. The first kappa shape index (κ1) is 14.3. The van der Waals surface area contributed by atoms with Crippen molar-refractivity contribution in [2.75, 3.05) is 19.0 Å². The van der Waals surface area contributed by atoms with E-state index in [0.717, 1.165) is 17.3 Å². The Kier molecular flexibility index (Phi) is 7.05. The molecule has 3 nitrogen and oxygen atoms in total. The van der Waals surface area contributed by atoms with Crippen molar-refractivity contribution in [1.82, 2.24) is 10.6 Å². The van der Waals surface area contributed by atoms with E-state index < -0.39 is 0 Å². The monoisotopic (exact) mass is 318 g/mol. The van der Waals surface area contributed by atoms with Gasteiger partial charge in [0.1, 0.15) is 0 Å². The molecule has 0 saturated carbocycles. The van der Waals surface area contributed by atoms with Gasteiger partial charge in [-0.1, -0.05) is 34.1 Å². The van der Waals surface area contributed by atoms with Crippen molar-refractivity contribution >= 4 is 33.6 Å². The van der Waals surface area contributed by atoms with Gasteiger partial charge in [-0.25, -0.2) is 4.79 Å². The van der Waals surface area contributed by atoms with Crippen molar-refractivity contribution < 1.29 is 4.79 Å². The predicted octanol–water partition coefficient (Wildman–Crippen LogP) is 2.92. The maximum absolute atomic E-state index is 11.3. The minimum atomic E-state index is -0.137. The molecule has 0 fully saturated rings. The van der Waals surface area contributed by atoms with Gasteiger partial charge in [-0.3, -0.25) is 0 Å². The molecule has 2 amide bonds. The number of amides is 2. The van der Waals surface area contributed by atoms with Crippen LogP contribution in [0.5, 0.6) is 0 Å². The van der Waals surface area contributed by atoms with Gasteiger partial charge in [-0.05, 0) is 24.5 Å². The van der Waals surface area contributed by atoms with Gasteiger partial charge in [0.2, 0.25) is 0 Å². The normalized spacial score (nSPS) is 10.0.